The molecule has 0 fully saturated rings. The second-order valence-electron chi connectivity index (χ2n) is 4.55. The Balaban J connectivity index is 2.71. The normalized spacial score (nSPS) is 13.5. The molecule has 3 nitrogen and oxygen atoms in total. The van der Waals surface area contributed by atoms with Crippen LogP contribution in [0.2, 0.25) is 5.02 Å². The number of carbonyl (C=O) groups is 1. The van der Waals surface area contributed by atoms with E-state index in [4.69, 9.17) is 22.1 Å². The van der Waals surface area contributed by atoms with E-state index >= 15 is 0 Å². The molecule has 1 heterocycles. The first-order chi connectivity index (χ1) is 7.88. The lowest BCUT2D eigenvalue weighted by atomic mass is 9.85. The van der Waals surface area contributed by atoms with Gasteiger partial charge in [0.15, 0.2) is 0 Å². The summed E-state index contributed by atoms with van der Waals surface area (Å²) < 4.78 is 5.03. The van der Waals surface area contributed by atoms with Crippen LogP contribution in [0.15, 0.2) is 11.4 Å². The fourth-order valence-electron chi connectivity index (χ4n) is 1.62. The van der Waals surface area contributed by atoms with Crippen LogP contribution < -0.4 is 5.73 Å². The van der Waals surface area contributed by atoms with Gasteiger partial charge in [0.2, 0.25) is 0 Å². The van der Waals surface area contributed by atoms with E-state index in [1.807, 2.05) is 25.3 Å². The van der Waals surface area contributed by atoms with Gasteiger partial charge in [0.1, 0.15) is 0 Å². The van der Waals surface area contributed by atoms with Crippen molar-refractivity contribution in [1.29, 1.82) is 0 Å². The van der Waals surface area contributed by atoms with Crippen LogP contribution in [-0.2, 0) is 9.53 Å². The Bertz CT molecular complexity index is 390. The van der Waals surface area contributed by atoms with E-state index in [0.717, 1.165) is 4.88 Å². The molecule has 0 aliphatic heterocycles. The molecule has 0 radical (unpaired) electrons. The second kappa shape index (κ2) is 5.85. The smallest absolute Gasteiger partial charge is 0.311 e. The average Bonchev–Trinajstić information content (AvgIpc) is 2.64. The van der Waals surface area contributed by atoms with Gasteiger partial charge in [0.25, 0.3) is 0 Å². The van der Waals surface area contributed by atoms with E-state index in [1.54, 1.807) is 6.92 Å². The Labute approximate surface area is 111 Å². The summed E-state index contributed by atoms with van der Waals surface area (Å²) in [6.45, 7) is 5.86. The zero-order chi connectivity index (χ0) is 13.1. The van der Waals surface area contributed by atoms with Crippen molar-refractivity contribution in [3.63, 3.8) is 0 Å². The summed E-state index contributed by atoms with van der Waals surface area (Å²) in [6, 6.07) is 1.58. The third-order valence-electron chi connectivity index (χ3n) is 2.54. The van der Waals surface area contributed by atoms with Crippen molar-refractivity contribution in [2.45, 2.75) is 33.2 Å². The van der Waals surface area contributed by atoms with Crippen LogP contribution >= 0.6 is 22.9 Å². The first-order valence-corrected chi connectivity index (χ1v) is 6.80. The molecule has 0 aliphatic rings. The zero-order valence-electron chi connectivity index (χ0n) is 10.3. The van der Waals surface area contributed by atoms with Crippen LogP contribution in [0.3, 0.4) is 0 Å². The SMILES string of the molecule is CCOC(=O)C(C)(C)CC(N)c1sccc1Cl. The molecule has 2 N–H and O–H groups in total. The van der Waals surface area contributed by atoms with Gasteiger partial charge in [-0.1, -0.05) is 11.6 Å². The number of rotatable bonds is 5. The van der Waals surface area contributed by atoms with E-state index in [-0.39, 0.29) is 12.0 Å². The van der Waals surface area contributed by atoms with Gasteiger partial charge in [-0.25, -0.2) is 0 Å². The van der Waals surface area contributed by atoms with Gasteiger partial charge in [-0.3, -0.25) is 4.79 Å². The van der Waals surface area contributed by atoms with Gasteiger partial charge in [-0.05, 0) is 38.6 Å². The molecule has 1 aromatic rings. The summed E-state index contributed by atoms with van der Waals surface area (Å²) in [5, 5.41) is 2.57. The Morgan fingerprint density at radius 3 is 2.76 bits per heavy atom. The molecule has 0 bridgehead atoms. The Hall–Kier alpha value is -0.580. The predicted molar refractivity (Wildman–Crippen MR) is 71.3 cm³/mol. The minimum Gasteiger partial charge on any atom is -0.466 e. The third kappa shape index (κ3) is 3.69. The number of hydrogen-bond donors (Lipinski definition) is 1. The highest BCUT2D eigenvalue weighted by molar-refractivity contribution is 7.10. The van der Waals surface area contributed by atoms with Gasteiger partial charge < -0.3 is 10.5 Å². The molecule has 0 aromatic carbocycles. The van der Waals surface area contributed by atoms with E-state index in [2.05, 4.69) is 0 Å². The highest BCUT2D eigenvalue weighted by atomic mass is 35.5. The summed E-state index contributed by atoms with van der Waals surface area (Å²) in [7, 11) is 0. The van der Waals surface area contributed by atoms with E-state index < -0.39 is 5.41 Å². The van der Waals surface area contributed by atoms with Crippen molar-refractivity contribution in [1.82, 2.24) is 0 Å². The highest BCUT2D eigenvalue weighted by Gasteiger charge is 2.32. The minimum atomic E-state index is -0.594. The lowest BCUT2D eigenvalue weighted by Gasteiger charge is -2.25. The average molecular weight is 276 g/mol. The topological polar surface area (TPSA) is 52.3 Å². The fraction of sp³-hybridized carbons (Fsp3) is 0.583. The maximum atomic E-state index is 11.7. The number of hydrogen-bond acceptors (Lipinski definition) is 4. The summed E-state index contributed by atoms with van der Waals surface area (Å²) >= 11 is 7.53. The summed E-state index contributed by atoms with van der Waals surface area (Å²) in [4.78, 5) is 12.7. The molecule has 0 saturated heterocycles. The van der Waals surface area contributed by atoms with Crippen LogP contribution in [0.5, 0.6) is 0 Å². The largest absolute Gasteiger partial charge is 0.466 e. The van der Waals surface area contributed by atoms with E-state index in [1.165, 1.54) is 11.3 Å². The Kier molecular flexibility index (Phi) is 4.98. The second-order valence-corrected chi connectivity index (χ2v) is 5.90. The van der Waals surface area contributed by atoms with E-state index in [9.17, 15) is 4.79 Å². The standard InChI is InChI=1S/C12H18ClNO2S/c1-4-16-11(15)12(2,3)7-9(14)10-8(13)5-6-17-10/h5-6,9H,4,7,14H2,1-3H3. The highest BCUT2D eigenvalue weighted by Crippen LogP contribution is 2.35. The number of ether oxygens (including phenoxy) is 1. The molecule has 0 saturated carbocycles. The zero-order valence-corrected chi connectivity index (χ0v) is 11.9. The maximum absolute atomic E-state index is 11.7. The number of halogens is 1. The Morgan fingerprint density at radius 1 is 1.65 bits per heavy atom. The number of carbonyl (C=O) groups excluding carboxylic acids is 1. The molecule has 96 valence electrons. The van der Waals surface area contributed by atoms with Crippen molar-refractivity contribution < 1.29 is 9.53 Å². The summed E-state index contributed by atoms with van der Waals surface area (Å²) in [6.07, 6.45) is 0.520. The minimum absolute atomic E-state index is 0.219. The van der Waals surface area contributed by atoms with Gasteiger partial charge in [0, 0.05) is 10.9 Å². The first-order valence-electron chi connectivity index (χ1n) is 5.54. The van der Waals surface area contributed by atoms with Crippen LogP contribution in [0.4, 0.5) is 0 Å². The van der Waals surface area contributed by atoms with Crippen molar-refractivity contribution in [3.05, 3.63) is 21.3 Å². The monoisotopic (exact) mass is 275 g/mol. The lowest BCUT2D eigenvalue weighted by Crippen LogP contribution is -2.30. The summed E-state index contributed by atoms with van der Waals surface area (Å²) in [5.74, 6) is -0.219. The molecule has 0 spiro atoms. The van der Waals surface area contributed by atoms with Crippen molar-refractivity contribution >= 4 is 28.9 Å². The molecule has 1 rings (SSSR count). The summed E-state index contributed by atoms with van der Waals surface area (Å²) in [5.41, 5.74) is 5.48. The Morgan fingerprint density at radius 2 is 2.29 bits per heavy atom. The van der Waals surface area contributed by atoms with Gasteiger partial charge in [-0.15, -0.1) is 11.3 Å². The molecule has 17 heavy (non-hydrogen) atoms. The van der Waals surface area contributed by atoms with E-state index in [0.29, 0.717) is 18.1 Å². The van der Waals surface area contributed by atoms with Crippen molar-refractivity contribution in [2.75, 3.05) is 6.61 Å². The quantitative estimate of drug-likeness (QED) is 0.838. The first kappa shape index (κ1) is 14.5. The molecular weight excluding hydrogens is 258 g/mol. The van der Waals surface area contributed by atoms with Crippen LogP contribution in [0.1, 0.15) is 38.1 Å². The van der Waals surface area contributed by atoms with Crippen LogP contribution in [-0.4, -0.2) is 12.6 Å². The molecule has 1 aromatic heterocycles. The molecular formula is C12H18ClNO2S. The van der Waals surface area contributed by atoms with Gasteiger partial charge in [-0.2, -0.15) is 0 Å². The number of nitrogens with two attached hydrogens (primary N) is 1. The lowest BCUT2D eigenvalue weighted by molar-refractivity contribution is -0.154. The van der Waals surface area contributed by atoms with Crippen LogP contribution in [0.25, 0.3) is 0 Å². The molecule has 0 aliphatic carbocycles. The molecule has 5 heteroatoms. The maximum Gasteiger partial charge on any atom is 0.311 e. The molecule has 0 amide bonds. The van der Waals surface area contributed by atoms with Gasteiger partial charge >= 0.3 is 5.97 Å². The predicted octanol–water partition coefficient (Wildman–Crippen LogP) is 3.38. The van der Waals surface area contributed by atoms with Crippen LogP contribution in [0, 0.1) is 5.41 Å². The fourth-order valence-corrected chi connectivity index (χ4v) is 2.82. The van der Waals surface area contributed by atoms with Gasteiger partial charge in [0.05, 0.1) is 17.0 Å². The van der Waals surface area contributed by atoms with Crippen molar-refractivity contribution in [3.8, 4) is 0 Å². The molecule has 1 unspecified atom stereocenters. The van der Waals surface area contributed by atoms with Crippen molar-refractivity contribution in [2.24, 2.45) is 11.1 Å². The molecule has 1 atom stereocenters. The number of thiophene rings is 1. The third-order valence-corrected chi connectivity index (χ3v) is 4.03. The number of esters is 1.